The molecule has 3 rings (SSSR count). The maximum Gasteiger partial charge on any atom is 0.231 e. The van der Waals surface area contributed by atoms with Crippen molar-refractivity contribution in [3.8, 4) is 11.5 Å². The van der Waals surface area contributed by atoms with Gasteiger partial charge in [-0.3, -0.25) is 0 Å². The fourth-order valence-corrected chi connectivity index (χ4v) is 1.45. The molecule has 0 bridgehead atoms. The molecule has 0 fully saturated rings. The Morgan fingerprint density at radius 1 is 1.21 bits per heavy atom. The minimum atomic E-state index is -0.699. The van der Waals surface area contributed by atoms with Gasteiger partial charge in [0.1, 0.15) is 11.0 Å². The molecule has 1 aliphatic heterocycles. The van der Waals surface area contributed by atoms with Crippen molar-refractivity contribution in [3.05, 3.63) is 18.0 Å². The summed E-state index contributed by atoms with van der Waals surface area (Å²) in [5.41, 5.74) is -0.0847. The van der Waals surface area contributed by atoms with Crippen LogP contribution in [0.2, 0.25) is 0 Å². The molecule has 0 atom stereocenters. The lowest BCUT2D eigenvalue weighted by Crippen LogP contribution is -1.94. The van der Waals surface area contributed by atoms with Gasteiger partial charge in [0.15, 0.2) is 11.6 Å². The predicted molar refractivity (Wildman–Crippen MR) is 42.1 cm³/mol. The maximum atomic E-state index is 13.5. The normalized spacial score (nSPS) is 13.9. The van der Waals surface area contributed by atoms with Gasteiger partial charge in [-0.2, -0.15) is 0 Å². The minimum Gasteiger partial charge on any atom is -0.450 e. The molecule has 1 aromatic heterocycles. The Hall–Kier alpha value is -1.85. The van der Waals surface area contributed by atoms with Crippen LogP contribution in [0, 0.1) is 11.6 Å². The molecule has 14 heavy (non-hydrogen) atoms. The fraction of sp³-hybridized carbons (Fsp3) is 0.125. The summed E-state index contributed by atoms with van der Waals surface area (Å²) < 4.78 is 36.7. The van der Waals surface area contributed by atoms with Crippen LogP contribution in [0.25, 0.3) is 11.0 Å². The molecule has 2 aromatic rings. The van der Waals surface area contributed by atoms with E-state index in [9.17, 15) is 8.78 Å². The number of imidazole rings is 1. The first-order valence-electron chi connectivity index (χ1n) is 3.88. The van der Waals surface area contributed by atoms with E-state index in [2.05, 4.69) is 9.97 Å². The molecule has 0 radical (unpaired) electrons. The van der Waals surface area contributed by atoms with Gasteiger partial charge in [0.05, 0.1) is 6.33 Å². The molecule has 0 aliphatic carbocycles. The minimum absolute atomic E-state index is 0.00764. The van der Waals surface area contributed by atoms with Crippen molar-refractivity contribution in [1.82, 2.24) is 9.97 Å². The third kappa shape index (κ3) is 0.729. The quantitative estimate of drug-likeness (QED) is 0.698. The molecule has 1 aliphatic rings. The molecule has 6 heteroatoms. The first-order chi connectivity index (χ1) is 6.79. The van der Waals surface area contributed by atoms with E-state index in [-0.39, 0.29) is 29.3 Å². The molecule has 2 heterocycles. The lowest BCUT2D eigenvalue weighted by Gasteiger charge is -2.00. The van der Waals surface area contributed by atoms with Crippen LogP contribution >= 0.6 is 0 Å². The number of ether oxygens (including phenoxy) is 2. The maximum absolute atomic E-state index is 13.5. The predicted octanol–water partition coefficient (Wildman–Crippen LogP) is 1.57. The van der Waals surface area contributed by atoms with E-state index >= 15 is 0 Å². The average molecular weight is 198 g/mol. The largest absolute Gasteiger partial charge is 0.450 e. The number of rotatable bonds is 0. The highest BCUT2D eigenvalue weighted by molar-refractivity contribution is 5.81. The number of H-pyrrole nitrogens is 1. The van der Waals surface area contributed by atoms with Crippen LogP contribution in [-0.2, 0) is 0 Å². The molecule has 1 N–H and O–H groups in total. The van der Waals surface area contributed by atoms with Gasteiger partial charge in [-0.05, 0) is 0 Å². The van der Waals surface area contributed by atoms with Crippen molar-refractivity contribution >= 4 is 11.0 Å². The standard InChI is InChI=1S/C8H4F2N2O2/c9-3-5-6(12-1-11-5)4(10)8-7(3)13-2-14-8/h1H,2H2,(H,11,12). The summed E-state index contributed by atoms with van der Waals surface area (Å²) in [5.74, 6) is -1.78. The van der Waals surface area contributed by atoms with Crippen LogP contribution in [0.15, 0.2) is 6.33 Å². The lowest BCUT2D eigenvalue weighted by molar-refractivity contribution is 0.168. The van der Waals surface area contributed by atoms with Gasteiger partial charge < -0.3 is 14.5 Å². The van der Waals surface area contributed by atoms with Gasteiger partial charge in [0.2, 0.25) is 18.3 Å². The van der Waals surface area contributed by atoms with Gasteiger partial charge in [-0.1, -0.05) is 0 Å². The smallest absolute Gasteiger partial charge is 0.231 e. The van der Waals surface area contributed by atoms with Crippen molar-refractivity contribution in [2.24, 2.45) is 0 Å². The van der Waals surface area contributed by atoms with E-state index in [1.165, 1.54) is 6.33 Å². The molecule has 0 amide bonds. The van der Waals surface area contributed by atoms with Gasteiger partial charge in [0.25, 0.3) is 0 Å². The number of nitrogens with one attached hydrogen (secondary N) is 1. The van der Waals surface area contributed by atoms with Crippen molar-refractivity contribution < 1.29 is 18.3 Å². The summed E-state index contributed by atoms with van der Waals surface area (Å²) in [4.78, 5) is 6.15. The fourth-order valence-electron chi connectivity index (χ4n) is 1.45. The number of hydrogen-bond donors (Lipinski definition) is 1. The second-order valence-corrected chi connectivity index (χ2v) is 2.82. The summed E-state index contributed by atoms with van der Waals surface area (Å²) in [6.45, 7) is -0.171. The van der Waals surface area contributed by atoms with E-state index in [0.717, 1.165) is 0 Å². The van der Waals surface area contributed by atoms with Gasteiger partial charge in [-0.25, -0.2) is 13.8 Å². The lowest BCUT2D eigenvalue weighted by atomic mass is 10.2. The zero-order valence-corrected chi connectivity index (χ0v) is 6.80. The zero-order valence-electron chi connectivity index (χ0n) is 6.80. The number of aromatic amines is 1. The Morgan fingerprint density at radius 3 is 2.71 bits per heavy atom. The van der Waals surface area contributed by atoms with E-state index in [1.807, 2.05) is 0 Å². The average Bonchev–Trinajstić information content (AvgIpc) is 2.82. The van der Waals surface area contributed by atoms with Gasteiger partial charge in [0, 0.05) is 0 Å². The van der Waals surface area contributed by atoms with Crippen LogP contribution in [0.3, 0.4) is 0 Å². The molecule has 1 aromatic carbocycles. The highest BCUT2D eigenvalue weighted by atomic mass is 19.1. The number of fused-ring (bicyclic) bond motifs is 2. The SMILES string of the molecule is Fc1c2c(c(F)c3[nH]cnc13)OCO2. The monoisotopic (exact) mass is 198 g/mol. The third-order valence-electron chi connectivity index (χ3n) is 2.08. The van der Waals surface area contributed by atoms with Crippen molar-refractivity contribution in [2.45, 2.75) is 0 Å². The summed E-state index contributed by atoms with van der Waals surface area (Å²) in [6.07, 6.45) is 1.21. The summed E-state index contributed by atoms with van der Waals surface area (Å²) >= 11 is 0. The first kappa shape index (κ1) is 7.54. The Labute approximate surface area is 76.5 Å². The van der Waals surface area contributed by atoms with Crippen LogP contribution in [0.5, 0.6) is 11.5 Å². The number of benzene rings is 1. The topological polar surface area (TPSA) is 47.1 Å². The highest BCUT2D eigenvalue weighted by Gasteiger charge is 2.28. The first-order valence-corrected chi connectivity index (χ1v) is 3.88. The second-order valence-electron chi connectivity index (χ2n) is 2.82. The molecule has 0 unspecified atom stereocenters. The molecule has 0 spiro atoms. The molecule has 0 saturated heterocycles. The van der Waals surface area contributed by atoms with E-state index in [0.29, 0.717) is 0 Å². The summed E-state index contributed by atoms with van der Waals surface area (Å²) in [5, 5.41) is 0. The Bertz CT molecular complexity index is 480. The van der Waals surface area contributed by atoms with Crippen LogP contribution in [-0.4, -0.2) is 16.8 Å². The van der Waals surface area contributed by atoms with Crippen LogP contribution < -0.4 is 9.47 Å². The van der Waals surface area contributed by atoms with Crippen LogP contribution in [0.1, 0.15) is 0 Å². The Balaban J connectivity index is 2.51. The van der Waals surface area contributed by atoms with Gasteiger partial charge in [-0.15, -0.1) is 0 Å². The van der Waals surface area contributed by atoms with Crippen molar-refractivity contribution in [3.63, 3.8) is 0 Å². The zero-order chi connectivity index (χ0) is 9.71. The second kappa shape index (κ2) is 2.34. The Kier molecular flexibility index (Phi) is 1.26. The summed E-state index contributed by atoms with van der Waals surface area (Å²) in [6, 6.07) is 0. The molecular formula is C8H4F2N2O2. The highest BCUT2D eigenvalue weighted by Crippen LogP contribution is 2.41. The third-order valence-corrected chi connectivity index (χ3v) is 2.08. The van der Waals surface area contributed by atoms with E-state index in [1.54, 1.807) is 0 Å². The summed E-state index contributed by atoms with van der Waals surface area (Å²) in [7, 11) is 0. The molecule has 72 valence electrons. The van der Waals surface area contributed by atoms with Crippen molar-refractivity contribution in [2.75, 3.05) is 6.79 Å². The van der Waals surface area contributed by atoms with E-state index < -0.39 is 11.6 Å². The van der Waals surface area contributed by atoms with Crippen LogP contribution in [0.4, 0.5) is 8.78 Å². The number of halogens is 2. The van der Waals surface area contributed by atoms with Gasteiger partial charge >= 0.3 is 0 Å². The number of aromatic nitrogens is 2. The van der Waals surface area contributed by atoms with E-state index in [4.69, 9.17) is 9.47 Å². The Morgan fingerprint density at radius 2 is 1.93 bits per heavy atom. The number of hydrogen-bond acceptors (Lipinski definition) is 3. The molecular weight excluding hydrogens is 194 g/mol. The van der Waals surface area contributed by atoms with Crippen molar-refractivity contribution in [1.29, 1.82) is 0 Å². The molecule has 4 nitrogen and oxygen atoms in total. The number of nitrogens with zero attached hydrogens (tertiary/aromatic N) is 1. The molecule has 0 saturated carbocycles.